The molecule has 0 saturated heterocycles. The summed E-state index contributed by atoms with van der Waals surface area (Å²) in [6.45, 7) is 1.36. The highest BCUT2D eigenvalue weighted by Crippen LogP contribution is 2.43. The van der Waals surface area contributed by atoms with Gasteiger partial charge in [-0.2, -0.15) is 0 Å². The van der Waals surface area contributed by atoms with Crippen molar-refractivity contribution in [1.29, 1.82) is 0 Å². The smallest absolute Gasteiger partial charge is 0.296 e. The molecule has 0 aliphatic carbocycles. The normalized spacial score (nSPS) is 17.6. The molecule has 1 amide bonds. The summed E-state index contributed by atoms with van der Waals surface area (Å²) < 4.78 is 0.938. The highest BCUT2D eigenvalue weighted by molar-refractivity contribution is 7.22. The summed E-state index contributed by atoms with van der Waals surface area (Å²) in [5, 5.41) is 10.8. The lowest BCUT2D eigenvalue weighted by Crippen LogP contribution is -2.30. The van der Waals surface area contributed by atoms with Crippen LogP contribution in [0.15, 0.2) is 65.9 Å². The van der Waals surface area contributed by atoms with E-state index >= 15 is 0 Å². The Bertz CT molecular complexity index is 990. The molecular weight excluding hydrogens is 336 g/mol. The number of anilines is 1. The molecule has 6 heteroatoms. The maximum atomic E-state index is 12.7. The van der Waals surface area contributed by atoms with Crippen LogP contribution in [0.3, 0.4) is 0 Å². The number of Topliss-reactive ketones (excluding diaryl/α,β-unsaturated/α-hetero) is 1. The monoisotopic (exact) mass is 350 g/mol. The van der Waals surface area contributed by atoms with Crippen LogP contribution in [0.25, 0.3) is 10.2 Å². The molecule has 1 atom stereocenters. The van der Waals surface area contributed by atoms with Crippen molar-refractivity contribution in [2.45, 2.75) is 13.0 Å². The molecule has 4 rings (SSSR count). The molecule has 0 bridgehead atoms. The van der Waals surface area contributed by atoms with Gasteiger partial charge in [0.25, 0.3) is 5.91 Å². The summed E-state index contributed by atoms with van der Waals surface area (Å²) in [4.78, 5) is 30.8. The van der Waals surface area contributed by atoms with E-state index in [1.807, 2.05) is 54.6 Å². The molecule has 2 heterocycles. The van der Waals surface area contributed by atoms with E-state index in [2.05, 4.69) is 4.98 Å². The van der Waals surface area contributed by atoms with Crippen molar-refractivity contribution in [2.75, 3.05) is 4.90 Å². The van der Waals surface area contributed by atoms with Crippen LogP contribution in [-0.2, 0) is 9.59 Å². The highest BCUT2D eigenvalue weighted by Gasteiger charge is 2.44. The minimum atomic E-state index is -0.674. The van der Waals surface area contributed by atoms with Crippen molar-refractivity contribution in [2.24, 2.45) is 0 Å². The first-order valence-electron chi connectivity index (χ1n) is 7.76. The van der Waals surface area contributed by atoms with Gasteiger partial charge >= 0.3 is 0 Å². The molecule has 0 saturated carbocycles. The topological polar surface area (TPSA) is 70.5 Å². The third kappa shape index (κ3) is 2.42. The predicted molar refractivity (Wildman–Crippen MR) is 96.6 cm³/mol. The van der Waals surface area contributed by atoms with Gasteiger partial charge in [0.05, 0.1) is 21.8 Å². The maximum absolute atomic E-state index is 12.7. The van der Waals surface area contributed by atoms with Crippen LogP contribution < -0.4 is 4.90 Å². The van der Waals surface area contributed by atoms with Gasteiger partial charge in [0.15, 0.2) is 16.7 Å². The van der Waals surface area contributed by atoms with Gasteiger partial charge in [-0.3, -0.25) is 14.5 Å². The van der Waals surface area contributed by atoms with Gasteiger partial charge in [0.1, 0.15) is 0 Å². The van der Waals surface area contributed by atoms with Gasteiger partial charge in [0, 0.05) is 0 Å². The van der Waals surface area contributed by atoms with Gasteiger partial charge in [-0.15, -0.1) is 0 Å². The zero-order valence-electron chi connectivity index (χ0n) is 13.3. The average molecular weight is 350 g/mol. The van der Waals surface area contributed by atoms with Gasteiger partial charge in [0.2, 0.25) is 0 Å². The Labute approximate surface area is 147 Å². The number of amides is 1. The molecule has 3 aromatic rings. The largest absolute Gasteiger partial charge is 0.503 e. The van der Waals surface area contributed by atoms with Crippen LogP contribution in [-0.4, -0.2) is 21.8 Å². The Kier molecular flexibility index (Phi) is 3.62. The number of ketones is 1. The van der Waals surface area contributed by atoms with Gasteiger partial charge in [-0.25, -0.2) is 4.98 Å². The fourth-order valence-corrected chi connectivity index (χ4v) is 4.07. The van der Waals surface area contributed by atoms with Gasteiger partial charge in [-0.1, -0.05) is 53.8 Å². The van der Waals surface area contributed by atoms with Crippen LogP contribution in [0, 0.1) is 0 Å². The lowest BCUT2D eigenvalue weighted by Gasteiger charge is -2.24. The molecule has 1 aromatic heterocycles. The number of benzene rings is 2. The minimum absolute atomic E-state index is 0.107. The van der Waals surface area contributed by atoms with E-state index in [0.29, 0.717) is 5.13 Å². The van der Waals surface area contributed by atoms with Crippen LogP contribution in [0.2, 0.25) is 0 Å². The van der Waals surface area contributed by atoms with E-state index < -0.39 is 17.7 Å². The molecule has 1 unspecified atom stereocenters. The highest BCUT2D eigenvalue weighted by atomic mass is 32.1. The van der Waals surface area contributed by atoms with Crippen molar-refractivity contribution in [1.82, 2.24) is 4.98 Å². The van der Waals surface area contributed by atoms with E-state index in [1.54, 1.807) is 0 Å². The molecule has 25 heavy (non-hydrogen) atoms. The number of carbonyl (C=O) groups excluding carboxylic acids is 2. The number of aliphatic hydroxyl groups excluding tert-OH is 1. The summed E-state index contributed by atoms with van der Waals surface area (Å²) in [6, 6.07) is 16.1. The fourth-order valence-electron chi connectivity index (χ4n) is 3.08. The summed E-state index contributed by atoms with van der Waals surface area (Å²) >= 11 is 1.36. The summed E-state index contributed by atoms with van der Waals surface area (Å²) in [5.41, 5.74) is 1.64. The number of para-hydroxylation sites is 1. The van der Waals surface area contributed by atoms with E-state index in [0.717, 1.165) is 15.8 Å². The number of hydrogen-bond acceptors (Lipinski definition) is 5. The number of hydrogen-bond donors (Lipinski definition) is 1. The number of nitrogens with zero attached hydrogens (tertiary/aromatic N) is 2. The van der Waals surface area contributed by atoms with E-state index in [-0.39, 0.29) is 11.4 Å². The second-order valence-corrected chi connectivity index (χ2v) is 6.78. The quantitative estimate of drug-likeness (QED) is 0.780. The van der Waals surface area contributed by atoms with Crippen molar-refractivity contribution < 1.29 is 14.7 Å². The molecule has 1 aliphatic heterocycles. The first-order chi connectivity index (χ1) is 12.1. The molecule has 1 N–H and O–H groups in total. The van der Waals surface area contributed by atoms with Gasteiger partial charge in [-0.05, 0) is 24.6 Å². The molecule has 1 aliphatic rings. The number of carbonyl (C=O) groups is 2. The Morgan fingerprint density at radius 2 is 1.80 bits per heavy atom. The van der Waals surface area contributed by atoms with Crippen LogP contribution in [0.4, 0.5) is 5.13 Å². The standard InChI is InChI=1S/C19H14N2O3S/c1-11(22)15-16(12-7-3-2-4-8-12)21(18(24)17(15)23)19-20-13-9-5-6-10-14(13)25-19/h2-10,16,23H,1H3. The predicted octanol–water partition coefficient (Wildman–Crippen LogP) is 3.79. The third-order valence-electron chi connectivity index (χ3n) is 4.19. The minimum Gasteiger partial charge on any atom is -0.503 e. The van der Waals surface area contributed by atoms with E-state index in [1.165, 1.54) is 23.2 Å². The Hall–Kier alpha value is -2.99. The third-order valence-corrected chi connectivity index (χ3v) is 5.23. The zero-order chi connectivity index (χ0) is 17.6. The maximum Gasteiger partial charge on any atom is 0.296 e. The second kappa shape index (κ2) is 5.82. The first-order valence-corrected chi connectivity index (χ1v) is 8.57. The Morgan fingerprint density at radius 3 is 2.48 bits per heavy atom. The lowest BCUT2D eigenvalue weighted by molar-refractivity contribution is -0.117. The molecule has 0 spiro atoms. The SMILES string of the molecule is CC(=O)C1=C(O)C(=O)N(c2nc3ccccc3s2)C1c1ccccc1. The Balaban J connectivity index is 1.90. The van der Waals surface area contributed by atoms with Crippen LogP contribution in [0.5, 0.6) is 0 Å². The summed E-state index contributed by atoms with van der Waals surface area (Å²) in [7, 11) is 0. The number of thiazole rings is 1. The van der Waals surface area contributed by atoms with Crippen LogP contribution in [0.1, 0.15) is 18.5 Å². The van der Waals surface area contributed by atoms with Crippen LogP contribution >= 0.6 is 11.3 Å². The summed E-state index contributed by atoms with van der Waals surface area (Å²) in [5.74, 6) is -1.43. The van der Waals surface area contributed by atoms with Crippen molar-refractivity contribution in [3.8, 4) is 0 Å². The van der Waals surface area contributed by atoms with E-state index in [9.17, 15) is 14.7 Å². The first kappa shape index (κ1) is 15.5. The lowest BCUT2D eigenvalue weighted by atomic mass is 9.97. The number of aliphatic hydroxyl groups is 1. The number of aromatic nitrogens is 1. The fraction of sp³-hybridized carbons (Fsp3) is 0.105. The summed E-state index contributed by atoms with van der Waals surface area (Å²) in [6.07, 6.45) is 0. The molecule has 124 valence electrons. The van der Waals surface area contributed by atoms with Gasteiger partial charge < -0.3 is 5.11 Å². The number of fused-ring (bicyclic) bond motifs is 1. The zero-order valence-corrected chi connectivity index (χ0v) is 14.2. The molecular formula is C19H14N2O3S. The van der Waals surface area contributed by atoms with Crippen molar-refractivity contribution in [3.63, 3.8) is 0 Å². The van der Waals surface area contributed by atoms with Crippen molar-refractivity contribution in [3.05, 3.63) is 71.5 Å². The second-order valence-electron chi connectivity index (χ2n) is 5.77. The average Bonchev–Trinajstić information content (AvgIpc) is 3.15. The molecule has 5 nitrogen and oxygen atoms in total. The molecule has 0 radical (unpaired) electrons. The number of rotatable bonds is 3. The van der Waals surface area contributed by atoms with E-state index in [4.69, 9.17) is 0 Å². The Morgan fingerprint density at radius 1 is 1.12 bits per heavy atom. The van der Waals surface area contributed by atoms with Crippen molar-refractivity contribution >= 4 is 38.4 Å². The molecule has 0 fully saturated rings. The molecule has 2 aromatic carbocycles.